The standard InChI is InChI=1S/C9H13NO3S/c10-8(9(11)12)3-5-14-6-7-2-1-4-13-7/h1-2,4,8H,3,5-6,10H2,(H,11,12). The van der Waals surface area contributed by atoms with Crippen LogP contribution in [-0.4, -0.2) is 22.9 Å². The second kappa shape index (κ2) is 5.72. The highest BCUT2D eigenvalue weighted by Crippen LogP contribution is 2.13. The fourth-order valence-electron chi connectivity index (χ4n) is 0.901. The van der Waals surface area contributed by atoms with E-state index in [1.165, 1.54) is 0 Å². The third-order valence-corrected chi connectivity index (χ3v) is 2.73. The third kappa shape index (κ3) is 3.85. The lowest BCUT2D eigenvalue weighted by Gasteiger charge is -2.04. The number of carboxylic acids is 1. The fraction of sp³-hybridized carbons (Fsp3) is 0.444. The van der Waals surface area contributed by atoms with Crippen molar-refractivity contribution in [2.24, 2.45) is 5.73 Å². The van der Waals surface area contributed by atoms with Gasteiger partial charge in [-0.15, -0.1) is 0 Å². The van der Waals surface area contributed by atoms with Crippen LogP contribution in [0.2, 0.25) is 0 Å². The Balaban J connectivity index is 2.08. The molecule has 5 heteroatoms. The number of carbonyl (C=O) groups is 1. The summed E-state index contributed by atoms with van der Waals surface area (Å²) in [6, 6.07) is 2.97. The molecule has 0 saturated carbocycles. The van der Waals surface area contributed by atoms with Crippen LogP contribution in [0.3, 0.4) is 0 Å². The Morgan fingerprint density at radius 2 is 2.50 bits per heavy atom. The molecule has 1 heterocycles. The van der Waals surface area contributed by atoms with Gasteiger partial charge in [0.2, 0.25) is 0 Å². The van der Waals surface area contributed by atoms with Crippen LogP contribution in [0.4, 0.5) is 0 Å². The molecule has 0 saturated heterocycles. The lowest BCUT2D eigenvalue weighted by molar-refractivity contribution is -0.138. The van der Waals surface area contributed by atoms with Crippen LogP contribution >= 0.6 is 11.8 Å². The first-order chi connectivity index (χ1) is 6.70. The van der Waals surface area contributed by atoms with Gasteiger partial charge in [0.15, 0.2) is 0 Å². The van der Waals surface area contributed by atoms with Crippen LogP contribution in [0.15, 0.2) is 22.8 Å². The van der Waals surface area contributed by atoms with E-state index in [1.54, 1.807) is 18.0 Å². The van der Waals surface area contributed by atoms with Gasteiger partial charge in [-0.25, -0.2) is 0 Å². The Bertz CT molecular complexity index is 274. The SMILES string of the molecule is NC(CCSCc1ccco1)C(=O)O. The molecular weight excluding hydrogens is 202 g/mol. The van der Waals surface area contributed by atoms with Crippen LogP contribution < -0.4 is 5.73 Å². The van der Waals surface area contributed by atoms with Crippen molar-refractivity contribution in [3.63, 3.8) is 0 Å². The van der Waals surface area contributed by atoms with Crippen LogP contribution in [-0.2, 0) is 10.5 Å². The van der Waals surface area contributed by atoms with E-state index in [2.05, 4.69) is 0 Å². The molecule has 0 bridgehead atoms. The van der Waals surface area contributed by atoms with E-state index < -0.39 is 12.0 Å². The Kier molecular flexibility index (Phi) is 4.55. The number of hydrogen-bond donors (Lipinski definition) is 2. The second-order valence-electron chi connectivity index (χ2n) is 2.87. The average molecular weight is 215 g/mol. The van der Waals surface area contributed by atoms with Crippen molar-refractivity contribution in [1.82, 2.24) is 0 Å². The van der Waals surface area contributed by atoms with Gasteiger partial charge in [0.1, 0.15) is 11.8 Å². The maximum Gasteiger partial charge on any atom is 0.320 e. The summed E-state index contributed by atoms with van der Waals surface area (Å²) in [5.74, 6) is 1.45. The van der Waals surface area contributed by atoms with E-state index in [9.17, 15) is 4.79 Å². The summed E-state index contributed by atoms with van der Waals surface area (Å²) in [7, 11) is 0. The number of aliphatic carboxylic acids is 1. The number of rotatable bonds is 6. The van der Waals surface area contributed by atoms with Crippen molar-refractivity contribution >= 4 is 17.7 Å². The quantitative estimate of drug-likeness (QED) is 0.700. The van der Waals surface area contributed by atoms with Gasteiger partial charge in [-0.05, 0) is 24.3 Å². The molecule has 1 aromatic heterocycles. The van der Waals surface area contributed by atoms with E-state index >= 15 is 0 Å². The van der Waals surface area contributed by atoms with E-state index in [4.69, 9.17) is 15.3 Å². The third-order valence-electron chi connectivity index (χ3n) is 1.71. The normalized spacial score (nSPS) is 12.6. The van der Waals surface area contributed by atoms with Gasteiger partial charge in [0, 0.05) is 0 Å². The summed E-state index contributed by atoms with van der Waals surface area (Å²) in [5, 5.41) is 8.51. The summed E-state index contributed by atoms with van der Waals surface area (Å²) in [5.41, 5.74) is 5.34. The Hall–Kier alpha value is -0.940. The summed E-state index contributed by atoms with van der Waals surface area (Å²) >= 11 is 1.62. The molecule has 3 N–H and O–H groups in total. The predicted octanol–water partition coefficient (Wildman–Crippen LogP) is 1.31. The second-order valence-corrected chi connectivity index (χ2v) is 3.97. The molecule has 1 unspecified atom stereocenters. The number of carboxylic acid groups (broad SMARTS) is 1. The van der Waals surface area contributed by atoms with Gasteiger partial charge >= 0.3 is 5.97 Å². The van der Waals surface area contributed by atoms with Crippen molar-refractivity contribution in [2.75, 3.05) is 5.75 Å². The molecule has 78 valence electrons. The average Bonchev–Trinajstić information content (AvgIpc) is 2.64. The summed E-state index contributed by atoms with van der Waals surface area (Å²) in [6.07, 6.45) is 2.11. The minimum absolute atomic E-state index is 0.487. The molecule has 0 spiro atoms. The van der Waals surface area contributed by atoms with Gasteiger partial charge in [-0.3, -0.25) is 4.79 Å². The van der Waals surface area contributed by atoms with E-state index in [0.29, 0.717) is 6.42 Å². The molecule has 0 aromatic carbocycles. The Morgan fingerprint density at radius 3 is 3.07 bits per heavy atom. The van der Waals surface area contributed by atoms with E-state index in [-0.39, 0.29) is 0 Å². The molecule has 0 radical (unpaired) electrons. The molecule has 1 rings (SSSR count). The highest BCUT2D eigenvalue weighted by Gasteiger charge is 2.10. The Labute approximate surface area is 86.5 Å². The summed E-state index contributed by atoms with van der Waals surface area (Å²) < 4.78 is 5.12. The monoisotopic (exact) mass is 215 g/mol. The smallest absolute Gasteiger partial charge is 0.320 e. The van der Waals surface area contributed by atoms with Crippen molar-refractivity contribution in [2.45, 2.75) is 18.2 Å². The number of thioether (sulfide) groups is 1. The number of hydrogen-bond acceptors (Lipinski definition) is 4. The molecule has 4 nitrogen and oxygen atoms in total. The molecule has 0 aliphatic heterocycles. The first kappa shape index (κ1) is 11.1. The molecule has 0 aliphatic carbocycles. The first-order valence-electron chi connectivity index (χ1n) is 4.28. The van der Waals surface area contributed by atoms with Crippen molar-refractivity contribution in [3.05, 3.63) is 24.2 Å². The van der Waals surface area contributed by atoms with Crippen molar-refractivity contribution in [1.29, 1.82) is 0 Å². The largest absolute Gasteiger partial charge is 0.480 e. The van der Waals surface area contributed by atoms with Gasteiger partial charge < -0.3 is 15.3 Å². The highest BCUT2D eigenvalue weighted by molar-refractivity contribution is 7.98. The summed E-state index contributed by atoms with van der Waals surface area (Å²) in [6.45, 7) is 0. The van der Waals surface area contributed by atoms with Gasteiger partial charge in [0.25, 0.3) is 0 Å². The Morgan fingerprint density at radius 1 is 1.71 bits per heavy atom. The van der Waals surface area contributed by atoms with E-state index in [0.717, 1.165) is 17.3 Å². The molecular formula is C9H13NO3S. The zero-order valence-corrected chi connectivity index (χ0v) is 8.50. The zero-order chi connectivity index (χ0) is 10.4. The van der Waals surface area contributed by atoms with Crippen LogP contribution in [0.25, 0.3) is 0 Å². The van der Waals surface area contributed by atoms with Crippen molar-refractivity contribution < 1.29 is 14.3 Å². The van der Waals surface area contributed by atoms with Gasteiger partial charge in [0.05, 0.1) is 12.0 Å². The first-order valence-corrected chi connectivity index (χ1v) is 5.44. The highest BCUT2D eigenvalue weighted by atomic mass is 32.2. The molecule has 0 fully saturated rings. The molecule has 1 aromatic rings. The fourth-order valence-corrected chi connectivity index (χ4v) is 1.83. The van der Waals surface area contributed by atoms with Crippen LogP contribution in [0.5, 0.6) is 0 Å². The molecule has 1 atom stereocenters. The molecule has 0 aliphatic rings. The maximum atomic E-state index is 10.4. The predicted molar refractivity (Wildman–Crippen MR) is 55.1 cm³/mol. The zero-order valence-electron chi connectivity index (χ0n) is 7.68. The topological polar surface area (TPSA) is 76.5 Å². The lowest BCUT2D eigenvalue weighted by Crippen LogP contribution is -2.30. The molecule has 14 heavy (non-hydrogen) atoms. The van der Waals surface area contributed by atoms with E-state index in [1.807, 2.05) is 12.1 Å². The maximum absolute atomic E-state index is 10.4. The minimum atomic E-state index is -0.941. The lowest BCUT2D eigenvalue weighted by atomic mass is 10.2. The van der Waals surface area contributed by atoms with Gasteiger partial charge in [-0.1, -0.05) is 0 Å². The number of furan rings is 1. The van der Waals surface area contributed by atoms with Crippen molar-refractivity contribution in [3.8, 4) is 0 Å². The van der Waals surface area contributed by atoms with Crippen LogP contribution in [0, 0.1) is 0 Å². The molecule has 0 amide bonds. The summed E-state index contributed by atoms with van der Waals surface area (Å²) in [4.78, 5) is 10.4. The van der Waals surface area contributed by atoms with Crippen LogP contribution in [0.1, 0.15) is 12.2 Å². The number of nitrogens with two attached hydrogens (primary N) is 1. The van der Waals surface area contributed by atoms with Gasteiger partial charge in [-0.2, -0.15) is 11.8 Å². The minimum Gasteiger partial charge on any atom is -0.480 e.